The first kappa shape index (κ1) is 18.2. The summed E-state index contributed by atoms with van der Waals surface area (Å²) < 4.78 is 56.3. The third-order valence-electron chi connectivity index (χ3n) is 4.40. The predicted molar refractivity (Wildman–Crippen MR) is 95.0 cm³/mol. The molecule has 0 saturated heterocycles. The fourth-order valence-electron chi connectivity index (χ4n) is 3.01. The van der Waals surface area contributed by atoms with Crippen LogP contribution in [0.25, 0.3) is 11.1 Å². The lowest BCUT2D eigenvalue weighted by Gasteiger charge is -2.10. The van der Waals surface area contributed by atoms with Crippen molar-refractivity contribution in [3.05, 3.63) is 94.1 Å². The second-order valence-corrected chi connectivity index (χ2v) is 6.50. The average molecular weight is 358 g/mol. The van der Waals surface area contributed by atoms with Gasteiger partial charge >= 0.3 is 0 Å². The Hall–Kier alpha value is -2.62. The maximum Gasteiger partial charge on any atom is 0.131 e. The Bertz CT molecular complexity index is 937. The molecule has 3 aromatic rings. The highest BCUT2D eigenvalue weighted by Crippen LogP contribution is 2.27. The van der Waals surface area contributed by atoms with Crippen LogP contribution in [0.15, 0.2) is 48.5 Å². The molecule has 0 amide bonds. The van der Waals surface area contributed by atoms with Gasteiger partial charge in [-0.3, -0.25) is 0 Å². The number of hydrogen-bond acceptors (Lipinski definition) is 0. The molecular formula is C22H18F4. The van der Waals surface area contributed by atoms with E-state index in [0.717, 1.165) is 5.56 Å². The normalized spacial score (nSPS) is 11.0. The van der Waals surface area contributed by atoms with Gasteiger partial charge in [-0.2, -0.15) is 0 Å². The largest absolute Gasteiger partial charge is 0.207 e. The van der Waals surface area contributed by atoms with E-state index in [4.69, 9.17) is 0 Å². The zero-order valence-corrected chi connectivity index (χ0v) is 14.5. The second-order valence-electron chi connectivity index (χ2n) is 6.50. The molecule has 4 heteroatoms. The Balaban J connectivity index is 1.82. The van der Waals surface area contributed by atoms with Crippen LogP contribution in [-0.2, 0) is 12.8 Å². The van der Waals surface area contributed by atoms with Crippen molar-refractivity contribution in [3.8, 4) is 11.1 Å². The van der Waals surface area contributed by atoms with Crippen LogP contribution < -0.4 is 0 Å². The van der Waals surface area contributed by atoms with Gasteiger partial charge < -0.3 is 0 Å². The van der Waals surface area contributed by atoms with Gasteiger partial charge in [0.1, 0.15) is 23.3 Å². The summed E-state index contributed by atoms with van der Waals surface area (Å²) in [7, 11) is 0. The van der Waals surface area contributed by atoms with Crippen LogP contribution in [0.1, 0.15) is 22.3 Å². The smallest absolute Gasteiger partial charge is 0.131 e. The number of aryl methyl sites for hydroxylation is 3. The molecule has 0 aliphatic rings. The summed E-state index contributed by atoms with van der Waals surface area (Å²) >= 11 is 0. The third kappa shape index (κ3) is 3.79. The van der Waals surface area contributed by atoms with Gasteiger partial charge in [-0.15, -0.1) is 0 Å². The third-order valence-corrected chi connectivity index (χ3v) is 4.40. The van der Waals surface area contributed by atoms with Crippen LogP contribution in [0.4, 0.5) is 17.6 Å². The number of benzene rings is 3. The molecule has 0 unspecified atom stereocenters. The van der Waals surface area contributed by atoms with Gasteiger partial charge in [0.15, 0.2) is 0 Å². The van der Waals surface area contributed by atoms with Crippen LogP contribution in [0.5, 0.6) is 0 Å². The standard InChI is InChI=1S/C22H18F4/c1-13-3-6-16(19(23)9-13)17-7-4-15(12-22(17)26)5-8-18-20(24)10-14(2)11-21(18)25/h3-4,6-7,9-12H,5,8H2,1-2H3. The van der Waals surface area contributed by atoms with Crippen molar-refractivity contribution in [2.75, 3.05) is 0 Å². The molecule has 0 aromatic heterocycles. The van der Waals surface area contributed by atoms with Crippen LogP contribution in [-0.4, -0.2) is 0 Å². The second kappa shape index (κ2) is 7.32. The Kier molecular flexibility index (Phi) is 5.12. The summed E-state index contributed by atoms with van der Waals surface area (Å²) in [5, 5.41) is 0. The molecule has 26 heavy (non-hydrogen) atoms. The minimum Gasteiger partial charge on any atom is -0.207 e. The highest BCUT2D eigenvalue weighted by atomic mass is 19.1. The van der Waals surface area contributed by atoms with E-state index in [0.29, 0.717) is 11.1 Å². The van der Waals surface area contributed by atoms with Crippen LogP contribution in [0.3, 0.4) is 0 Å². The zero-order valence-electron chi connectivity index (χ0n) is 14.5. The average Bonchev–Trinajstić information content (AvgIpc) is 2.55. The zero-order chi connectivity index (χ0) is 18.8. The van der Waals surface area contributed by atoms with Crippen molar-refractivity contribution in [3.63, 3.8) is 0 Å². The molecule has 3 rings (SSSR count). The Morgan fingerprint density at radius 1 is 0.577 bits per heavy atom. The van der Waals surface area contributed by atoms with E-state index in [-0.39, 0.29) is 29.5 Å². The van der Waals surface area contributed by atoms with E-state index in [1.54, 1.807) is 32.0 Å². The van der Waals surface area contributed by atoms with E-state index in [9.17, 15) is 17.6 Å². The minimum atomic E-state index is -0.596. The highest BCUT2D eigenvalue weighted by molar-refractivity contribution is 5.65. The van der Waals surface area contributed by atoms with Crippen LogP contribution >= 0.6 is 0 Å². The molecular weight excluding hydrogens is 340 g/mol. The number of rotatable bonds is 4. The molecule has 0 spiro atoms. The lowest BCUT2D eigenvalue weighted by atomic mass is 9.98. The van der Waals surface area contributed by atoms with Gasteiger partial charge in [-0.1, -0.05) is 24.3 Å². The van der Waals surface area contributed by atoms with E-state index in [1.807, 2.05) is 0 Å². The van der Waals surface area contributed by atoms with E-state index in [1.165, 1.54) is 30.3 Å². The first-order valence-corrected chi connectivity index (χ1v) is 8.34. The first-order chi connectivity index (χ1) is 12.3. The molecule has 0 atom stereocenters. The lowest BCUT2D eigenvalue weighted by Crippen LogP contribution is -2.00. The van der Waals surface area contributed by atoms with Crippen molar-refractivity contribution in [2.24, 2.45) is 0 Å². The van der Waals surface area contributed by atoms with Crippen molar-refractivity contribution in [1.29, 1.82) is 0 Å². The molecule has 0 bridgehead atoms. The fraction of sp³-hybridized carbons (Fsp3) is 0.182. The van der Waals surface area contributed by atoms with Gasteiger partial charge in [0.25, 0.3) is 0 Å². The molecule has 0 saturated carbocycles. The summed E-state index contributed by atoms with van der Waals surface area (Å²) in [6.07, 6.45) is 0.403. The Morgan fingerprint density at radius 2 is 1.12 bits per heavy atom. The summed E-state index contributed by atoms with van der Waals surface area (Å²) in [4.78, 5) is 0. The molecule has 134 valence electrons. The summed E-state index contributed by atoms with van der Waals surface area (Å²) in [6.45, 7) is 3.38. The van der Waals surface area contributed by atoms with Gasteiger partial charge in [0.2, 0.25) is 0 Å². The number of halogens is 4. The van der Waals surface area contributed by atoms with Crippen LogP contribution in [0.2, 0.25) is 0 Å². The lowest BCUT2D eigenvalue weighted by molar-refractivity contribution is 0.552. The maximum atomic E-state index is 14.4. The quantitative estimate of drug-likeness (QED) is 0.479. The summed E-state index contributed by atoms with van der Waals surface area (Å²) in [6, 6.07) is 11.6. The van der Waals surface area contributed by atoms with Gasteiger partial charge in [0.05, 0.1) is 0 Å². The summed E-state index contributed by atoms with van der Waals surface area (Å²) in [5.74, 6) is -2.24. The van der Waals surface area contributed by atoms with Crippen LogP contribution in [0, 0.1) is 37.1 Å². The van der Waals surface area contributed by atoms with E-state index >= 15 is 0 Å². The monoisotopic (exact) mass is 358 g/mol. The Morgan fingerprint density at radius 3 is 1.69 bits per heavy atom. The van der Waals surface area contributed by atoms with Gasteiger partial charge in [-0.05, 0) is 67.6 Å². The molecule has 0 N–H and O–H groups in total. The van der Waals surface area contributed by atoms with Crippen molar-refractivity contribution in [2.45, 2.75) is 26.7 Å². The molecule has 0 aliphatic carbocycles. The highest BCUT2D eigenvalue weighted by Gasteiger charge is 2.13. The Labute approximate surface area is 150 Å². The molecule has 0 fully saturated rings. The SMILES string of the molecule is Cc1ccc(-c2ccc(CCc3c(F)cc(C)cc3F)cc2F)c(F)c1. The van der Waals surface area contributed by atoms with Crippen molar-refractivity contribution < 1.29 is 17.6 Å². The molecule has 0 heterocycles. The molecule has 0 nitrogen and oxygen atoms in total. The molecule has 0 radical (unpaired) electrons. The molecule has 0 aliphatic heterocycles. The fourth-order valence-corrected chi connectivity index (χ4v) is 3.01. The minimum absolute atomic E-state index is 0.00957. The topological polar surface area (TPSA) is 0 Å². The van der Waals surface area contributed by atoms with Gasteiger partial charge in [-0.25, -0.2) is 17.6 Å². The number of hydrogen-bond donors (Lipinski definition) is 0. The van der Waals surface area contributed by atoms with E-state index in [2.05, 4.69) is 0 Å². The predicted octanol–water partition coefficient (Wildman–Crippen LogP) is 6.31. The maximum absolute atomic E-state index is 14.4. The van der Waals surface area contributed by atoms with Crippen molar-refractivity contribution in [1.82, 2.24) is 0 Å². The summed E-state index contributed by atoms with van der Waals surface area (Å²) in [5.41, 5.74) is 2.21. The van der Waals surface area contributed by atoms with Crippen molar-refractivity contribution >= 4 is 0 Å². The van der Waals surface area contributed by atoms with Gasteiger partial charge in [0, 0.05) is 16.7 Å². The van der Waals surface area contributed by atoms with E-state index < -0.39 is 23.3 Å². The molecule has 3 aromatic carbocycles. The first-order valence-electron chi connectivity index (χ1n) is 8.34.